The number of aliphatic carboxylic acids is 2. The van der Waals surface area contributed by atoms with E-state index in [4.69, 9.17) is 15.3 Å². The molecular formula is C26H50O6. The van der Waals surface area contributed by atoms with Crippen molar-refractivity contribution in [3.8, 4) is 0 Å². The fourth-order valence-electron chi connectivity index (χ4n) is 3.47. The van der Waals surface area contributed by atoms with E-state index < -0.39 is 18.0 Å². The van der Waals surface area contributed by atoms with Crippen LogP contribution in [0.5, 0.6) is 0 Å². The molecule has 0 aliphatic carbocycles. The standard InChI is InChI=1S/C14H28O3.C12H22O3/c1-2-3-4-5-6-7-8-9-10-11-13(15)12-14(16)17;1-2-3-4-5-6-7-8-9-11(13)10-12(14)15/h13,15H,2-12H2,1H3,(H,16,17);10,13H,2-9H2,1H3,(H,14,15)/b;11-10-. The van der Waals surface area contributed by atoms with Gasteiger partial charge in [-0.3, -0.25) is 4.79 Å². The Labute approximate surface area is 196 Å². The average molecular weight is 459 g/mol. The van der Waals surface area contributed by atoms with Crippen molar-refractivity contribution in [1.82, 2.24) is 0 Å². The van der Waals surface area contributed by atoms with Crippen molar-refractivity contribution >= 4 is 11.9 Å². The summed E-state index contributed by atoms with van der Waals surface area (Å²) in [6.07, 6.45) is 20.6. The van der Waals surface area contributed by atoms with Crippen molar-refractivity contribution < 1.29 is 30.0 Å². The molecule has 6 heteroatoms. The lowest BCUT2D eigenvalue weighted by atomic mass is 10.0. The minimum Gasteiger partial charge on any atom is -0.512 e. The molecule has 0 fully saturated rings. The molecule has 4 N–H and O–H groups in total. The van der Waals surface area contributed by atoms with Crippen LogP contribution in [0.4, 0.5) is 0 Å². The number of allylic oxidation sites excluding steroid dienone is 1. The van der Waals surface area contributed by atoms with Gasteiger partial charge in [0.05, 0.1) is 24.4 Å². The Kier molecular flexibility index (Phi) is 26.2. The second-order valence-electron chi connectivity index (χ2n) is 8.71. The van der Waals surface area contributed by atoms with Crippen LogP contribution in [-0.4, -0.2) is 38.5 Å². The zero-order valence-electron chi connectivity index (χ0n) is 20.7. The summed E-state index contributed by atoms with van der Waals surface area (Å²) in [4.78, 5) is 20.5. The third kappa shape index (κ3) is 30.6. The molecule has 32 heavy (non-hydrogen) atoms. The lowest BCUT2D eigenvalue weighted by Crippen LogP contribution is -2.12. The first kappa shape index (κ1) is 32.6. The SMILES string of the molecule is CCCCCCCCC/C(O)=C/C(=O)O.CCCCCCCCCCCC(O)CC(=O)O. The Bertz CT molecular complexity index is 461. The lowest BCUT2D eigenvalue weighted by Gasteiger charge is -2.07. The van der Waals surface area contributed by atoms with E-state index in [1.54, 1.807) is 0 Å². The van der Waals surface area contributed by atoms with Crippen LogP contribution < -0.4 is 0 Å². The van der Waals surface area contributed by atoms with Gasteiger partial charge in [0.15, 0.2) is 0 Å². The highest BCUT2D eigenvalue weighted by molar-refractivity contribution is 5.80. The third-order valence-electron chi connectivity index (χ3n) is 5.38. The van der Waals surface area contributed by atoms with E-state index >= 15 is 0 Å². The second-order valence-corrected chi connectivity index (χ2v) is 8.71. The maximum atomic E-state index is 10.3. The van der Waals surface area contributed by atoms with Gasteiger partial charge in [-0.15, -0.1) is 0 Å². The molecule has 0 aromatic rings. The minimum absolute atomic E-state index is 0.0175. The van der Waals surface area contributed by atoms with E-state index in [-0.39, 0.29) is 12.2 Å². The minimum atomic E-state index is -1.07. The van der Waals surface area contributed by atoms with Gasteiger partial charge in [-0.05, 0) is 12.8 Å². The molecule has 1 atom stereocenters. The van der Waals surface area contributed by atoms with Gasteiger partial charge in [-0.2, -0.15) is 0 Å². The fraction of sp³-hybridized carbons (Fsp3) is 0.846. The molecule has 0 spiro atoms. The summed E-state index contributed by atoms with van der Waals surface area (Å²) in [6, 6.07) is 0. The molecule has 0 aliphatic rings. The number of aliphatic hydroxyl groups excluding tert-OH is 2. The average Bonchev–Trinajstić information content (AvgIpc) is 2.71. The number of aliphatic hydroxyl groups is 2. The van der Waals surface area contributed by atoms with Crippen molar-refractivity contribution in [1.29, 1.82) is 0 Å². The zero-order valence-corrected chi connectivity index (χ0v) is 20.7. The molecule has 0 amide bonds. The van der Waals surface area contributed by atoms with Gasteiger partial charge in [-0.1, -0.05) is 110 Å². The molecule has 0 radical (unpaired) electrons. The topological polar surface area (TPSA) is 115 Å². The molecule has 0 rings (SSSR count). The zero-order chi connectivity index (χ0) is 24.5. The maximum absolute atomic E-state index is 10.3. The summed E-state index contributed by atoms with van der Waals surface area (Å²) in [5.41, 5.74) is 0. The Hall–Kier alpha value is -1.56. The molecule has 0 aliphatic heterocycles. The summed E-state index contributed by atoms with van der Waals surface area (Å²) >= 11 is 0. The maximum Gasteiger partial charge on any atom is 0.331 e. The Morgan fingerprint density at radius 3 is 1.47 bits per heavy atom. The fourth-order valence-corrected chi connectivity index (χ4v) is 3.47. The van der Waals surface area contributed by atoms with E-state index in [0.29, 0.717) is 12.8 Å². The third-order valence-corrected chi connectivity index (χ3v) is 5.38. The van der Waals surface area contributed by atoms with E-state index in [0.717, 1.165) is 31.8 Å². The summed E-state index contributed by atoms with van der Waals surface area (Å²) in [7, 11) is 0. The van der Waals surface area contributed by atoms with Crippen molar-refractivity contribution in [2.24, 2.45) is 0 Å². The van der Waals surface area contributed by atoms with Crippen LogP contribution in [0, 0.1) is 0 Å². The molecule has 0 saturated carbocycles. The lowest BCUT2D eigenvalue weighted by molar-refractivity contribution is -0.139. The number of hydrogen-bond donors (Lipinski definition) is 4. The van der Waals surface area contributed by atoms with E-state index in [9.17, 15) is 14.7 Å². The molecule has 0 saturated heterocycles. The summed E-state index contributed by atoms with van der Waals surface area (Å²) in [5.74, 6) is -2.00. The first-order valence-electron chi connectivity index (χ1n) is 12.9. The van der Waals surface area contributed by atoms with Crippen molar-refractivity contribution in [3.63, 3.8) is 0 Å². The van der Waals surface area contributed by atoms with E-state index in [2.05, 4.69) is 13.8 Å². The predicted molar refractivity (Wildman–Crippen MR) is 131 cm³/mol. The molecule has 0 aromatic heterocycles. The van der Waals surface area contributed by atoms with Crippen LogP contribution >= 0.6 is 0 Å². The summed E-state index contributed by atoms with van der Waals surface area (Å²) in [6.45, 7) is 4.41. The largest absolute Gasteiger partial charge is 0.512 e. The van der Waals surface area contributed by atoms with Crippen molar-refractivity contribution in [3.05, 3.63) is 11.8 Å². The normalized spacial score (nSPS) is 12.2. The summed E-state index contributed by atoms with van der Waals surface area (Å²) in [5, 5.41) is 35.3. The number of unbranched alkanes of at least 4 members (excludes halogenated alkanes) is 14. The quantitative estimate of drug-likeness (QED) is 0.0809. The number of carboxylic acids is 2. The van der Waals surface area contributed by atoms with Gasteiger partial charge in [-0.25, -0.2) is 4.79 Å². The van der Waals surface area contributed by atoms with Crippen LogP contribution in [0.2, 0.25) is 0 Å². The van der Waals surface area contributed by atoms with Gasteiger partial charge in [0.2, 0.25) is 0 Å². The molecule has 6 nitrogen and oxygen atoms in total. The van der Waals surface area contributed by atoms with Gasteiger partial charge >= 0.3 is 11.9 Å². The van der Waals surface area contributed by atoms with Gasteiger partial charge < -0.3 is 20.4 Å². The number of hydrogen-bond acceptors (Lipinski definition) is 4. The van der Waals surface area contributed by atoms with Gasteiger partial charge in [0.25, 0.3) is 0 Å². The van der Waals surface area contributed by atoms with Gasteiger partial charge in [0.1, 0.15) is 0 Å². The molecule has 0 aromatic carbocycles. The molecule has 0 heterocycles. The Morgan fingerprint density at radius 1 is 0.656 bits per heavy atom. The highest BCUT2D eigenvalue weighted by Crippen LogP contribution is 2.12. The van der Waals surface area contributed by atoms with Crippen LogP contribution in [0.1, 0.15) is 136 Å². The number of carbonyl (C=O) groups is 2. The molecule has 190 valence electrons. The molecule has 0 bridgehead atoms. The molecular weight excluding hydrogens is 408 g/mol. The Morgan fingerprint density at radius 2 is 1.06 bits per heavy atom. The van der Waals surface area contributed by atoms with Crippen LogP contribution in [0.3, 0.4) is 0 Å². The highest BCUT2D eigenvalue weighted by Gasteiger charge is 2.08. The van der Waals surface area contributed by atoms with E-state index in [1.807, 2.05) is 0 Å². The van der Waals surface area contributed by atoms with Crippen molar-refractivity contribution in [2.75, 3.05) is 0 Å². The monoisotopic (exact) mass is 458 g/mol. The first-order valence-corrected chi connectivity index (χ1v) is 12.9. The van der Waals surface area contributed by atoms with Crippen LogP contribution in [-0.2, 0) is 9.59 Å². The molecule has 1 unspecified atom stereocenters. The van der Waals surface area contributed by atoms with Gasteiger partial charge in [0, 0.05) is 6.42 Å². The summed E-state index contributed by atoms with van der Waals surface area (Å²) < 4.78 is 0. The van der Waals surface area contributed by atoms with E-state index in [1.165, 1.54) is 77.0 Å². The highest BCUT2D eigenvalue weighted by atomic mass is 16.4. The number of carboxylic acid groups (broad SMARTS) is 2. The smallest absolute Gasteiger partial charge is 0.331 e. The van der Waals surface area contributed by atoms with Crippen LogP contribution in [0.25, 0.3) is 0 Å². The predicted octanol–water partition coefficient (Wildman–Crippen LogP) is 7.40. The van der Waals surface area contributed by atoms with Crippen molar-refractivity contribution in [2.45, 2.75) is 142 Å². The van der Waals surface area contributed by atoms with Crippen LogP contribution in [0.15, 0.2) is 11.8 Å². The first-order chi connectivity index (χ1) is 15.3. The number of rotatable bonds is 21. The second kappa shape index (κ2) is 25.7. The Balaban J connectivity index is 0.